The highest BCUT2D eigenvalue weighted by molar-refractivity contribution is 5.88. The lowest BCUT2D eigenvalue weighted by molar-refractivity contribution is -0.140. The molecule has 0 heterocycles. The molecule has 6 nitrogen and oxygen atoms in total. The molecule has 0 saturated heterocycles. The molecular weight excluding hydrogens is 272 g/mol. The Morgan fingerprint density at radius 3 is 2.43 bits per heavy atom. The van der Waals surface area contributed by atoms with Gasteiger partial charge < -0.3 is 15.7 Å². The third-order valence-electron chi connectivity index (χ3n) is 2.97. The molecule has 3 N–H and O–H groups in total. The smallest absolute Gasteiger partial charge is 0.326 e. The first-order chi connectivity index (χ1) is 10.0. The van der Waals surface area contributed by atoms with Gasteiger partial charge in [0.1, 0.15) is 11.8 Å². The molecule has 0 aliphatic heterocycles. The number of carboxylic acids is 1. The fourth-order valence-corrected chi connectivity index (χ4v) is 1.75. The first-order valence-corrected chi connectivity index (χ1v) is 6.85. The third kappa shape index (κ3) is 6.56. The van der Waals surface area contributed by atoms with E-state index >= 15 is 0 Å². The average Bonchev–Trinajstić information content (AvgIpc) is 2.47. The van der Waals surface area contributed by atoms with Gasteiger partial charge in [0, 0.05) is 19.4 Å². The van der Waals surface area contributed by atoms with Crippen LogP contribution in [0.4, 0.5) is 4.79 Å². The second kappa shape index (κ2) is 8.73. The van der Waals surface area contributed by atoms with Gasteiger partial charge in [-0.15, -0.1) is 0 Å². The summed E-state index contributed by atoms with van der Waals surface area (Å²) < 4.78 is 0. The first kappa shape index (κ1) is 16.7. The van der Waals surface area contributed by atoms with Crippen molar-refractivity contribution in [3.05, 3.63) is 35.9 Å². The van der Waals surface area contributed by atoms with E-state index in [0.29, 0.717) is 13.0 Å². The largest absolute Gasteiger partial charge is 0.480 e. The Labute approximate surface area is 123 Å². The highest BCUT2D eigenvalue weighted by atomic mass is 16.4. The molecule has 0 spiro atoms. The molecule has 1 unspecified atom stereocenters. The molecule has 0 saturated carbocycles. The van der Waals surface area contributed by atoms with E-state index < -0.39 is 18.0 Å². The quantitative estimate of drug-likeness (QED) is 0.674. The van der Waals surface area contributed by atoms with Gasteiger partial charge in [-0.2, -0.15) is 0 Å². The van der Waals surface area contributed by atoms with Gasteiger partial charge in [-0.1, -0.05) is 37.3 Å². The number of ketones is 1. The Hall–Kier alpha value is -2.37. The number of nitrogens with one attached hydrogen (secondary N) is 2. The van der Waals surface area contributed by atoms with Crippen LogP contribution in [-0.4, -0.2) is 35.5 Å². The van der Waals surface area contributed by atoms with Crippen molar-refractivity contribution in [1.82, 2.24) is 10.6 Å². The minimum atomic E-state index is -1.21. The molecule has 0 radical (unpaired) electrons. The van der Waals surface area contributed by atoms with Crippen LogP contribution in [0.3, 0.4) is 0 Å². The molecule has 21 heavy (non-hydrogen) atoms. The Bertz CT molecular complexity index is 488. The van der Waals surface area contributed by atoms with Crippen molar-refractivity contribution in [1.29, 1.82) is 0 Å². The van der Waals surface area contributed by atoms with E-state index in [1.165, 1.54) is 0 Å². The Kier molecular flexibility index (Phi) is 6.94. The Morgan fingerprint density at radius 1 is 1.19 bits per heavy atom. The van der Waals surface area contributed by atoms with E-state index in [1.54, 1.807) is 6.92 Å². The third-order valence-corrected chi connectivity index (χ3v) is 2.97. The summed E-state index contributed by atoms with van der Waals surface area (Å²) in [5.41, 5.74) is 1.08. The Morgan fingerprint density at radius 2 is 1.86 bits per heavy atom. The van der Waals surface area contributed by atoms with Gasteiger partial charge in [0.15, 0.2) is 0 Å². The molecule has 1 aromatic carbocycles. The monoisotopic (exact) mass is 292 g/mol. The summed E-state index contributed by atoms with van der Waals surface area (Å²) in [5.74, 6) is -1.41. The van der Waals surface area contributed by atoms with Crippen molar-refractivity contribution in [3.63, 3.8) is 0 Å². The molecule has 0 bridgehead atoms. The maximum atomic E-state index is 11.6. The second-order valence-electron chi connectivity index (χ2n) is 4.62. The highest BCUT2D eigenvalue weighted by Gasteiger charge is 2.22. The molecule has 1 rings (SSSR count). The van der Waals surface area contributed by atoms with Crippen LogP contribution >= 0.6 is 0 Å². The van der Waals surface area contributed by atoms with Gasteiger partial charge in [0.05, 0.1) is 0 Å². The summed E-state index contributed by atoms with van der Waals surface area (Å²) in [6, 6.07) is 7.85. The number of carbonyl (C=O) groups excluding carboxylic acids is 2. The van der Waals surface area contributed by atoms with Crippen LogP contribution in [0.5, 0.6) is 0 Å². The molecule has 0 aromatic heterocycles. The molecular formula is C15H20N2O4. The van der Waals surface area contributed by atoms with Crippen molar-refractivity contribution < 1.29 is 19.5 Å². The summed E-state index contributed by atoms with van der Waals surface area (Å²) in [6.07, 6.45) is 0.707. The van der Waals surface area contributed by atoms with Crippen molar-refractivity contribution >= 4 is 17.8 Å². The fourth-order valence-electron chi connectivity index (χ4n) is 1.75. The number of benzene rings is 1. The van der Waals surface area contributed by atoms with Crippen LogP contribution < -0.4 is 10.6 Å². The molecule has 0 fully saturated rings. The zero-order valence-electron chi connectivity index (χ0n) is 12.0. The van der Waals surface area contributed by atoms with Crippen LogP contribution in [0, 0.1) is 0 Å². The summed E-state index contributed by atoms with van der Waals surface area (Å²) in [4.78, 5) is 33.9. The van der Waals surface area contributed by atoms with Crippen LogP contribution in [0.15, 0.2) is 30.3 Å². The molecule has 0 aliphatic rings. The highest BCUT2D eigenvalue weighted by Crippen LogP contribution is 1.99. The molecule has 1 aromatic rings. The fraction of sp³-hybridized carbons (Fsp3) is 0.400. The summed E-state index contributed by atoms with van der Waals surface area (Å²) in [6.45, 7) is 2.05. The van der Waals surface area contributed by atoms with Gasteiger partial charge in [-0.05, 0) is 12.0 Å². The van der Waals surface area contributed by atoms with Crippen LogP contribution in [-0.2, 0) is 16.0 Å². The summed E-state index contributed by atoms with van der Waals surface area (Å²) >= 11 is 0. The maximum Gasteiger partial charge on any atom is 0.326 e. The van der Waals surface area contributed by atoms with E-state index in [-0.39, 0.29) is 18.6 Å². The van der Waals surface area contributed by atoms with Gasteiger partial charge >= 0.3 is 12.0 Å². The molecule has 1 atom stereocenters. The topological polar surface area (TPSA) is 95.5 Å². The number of Topliss-reactive ketones (excluding diaryl/α,β-unsaturated/α-hetero) is 1. The van der Waals surface area contributed by atoms with Crippen molar-refractivity contribution in [2.45, 2.75) is 32.2 Å². The first-order valence-electron chi connectivity index (χ1n) is 6.85. The van der Waals surface area contributed by atoms with E-state index in [0.717, 1.165) is 5.56 Å². The predicted molar refractivity (Wildman–Crippen MR) is 78.0 cm³/mol. The zero-order valence-corrected chi connectivity index (χ0v) is 12.0. The maximum absolute atomic E-state index is 11.6. The summed E-state index contributed by atoms with van der Waals surface area (Å²) in [7, 11) is 0. The lowest BCUT2D eigenvalue weighted by atomic mass is 10.1. The number of hydrogen-bond donors (Lipinski definition) is 3. The van der Waals surface area contributed by atoms with Crippen LogP contribution in [0.1, 0.15) is 25.3 Å². The minimum absolute atomic E-state index is 0.196. The van der Waals surface area contributed by atoms with Crippen LogP contribution in [0.25, 0.3) is 0 Å². The van der Waals surface area contributed by atoms with E-state index in [1.807, 2.05) is 30.3 Å². The SMILES string of the molecule is CCC(=O)CC(NC(=O)NCCc1ccccc1)C(=O)O. The van der Waals surface area contributed by atoms with Gasteiger partial charge in [-0.25, -0.2) is 9.59 Å². The summed E-state index contributed by atoms with van der Waals surface area (Å²) in [5, 5.41) is 13.9. The van der Waals surface area contributed by atoms with Crippen LogP contribution in [0.2, 0.25) is 0 Å². The Balaban J connectivity index is 2.36. The predicted octanol–water partition coefficient (Wildman–Crippen LogP) is 1.35. The van der Waals surface area contributed by atoms with Crippen molar-refractivity contribution in [3.8, 4) is 0 Å². The average molecular weight is 292 g/mol. The minimum Gasteiger partial charge on any atom is -0.480 e. The molecule has 114 valence electrons. The van der Waals surface area contributed by atoms with Gasteiger partial charge in [-0.3, -0.25) is 4.79 Å². The number of aliphatic carboxylic acids is 1. The lowest BCUT2D eigenvalue weighted by Gasteiger charge is -2.14. The zero-order chi connectivity index (χ0) is 15.7. The number of carbonyl (C=O) groups is 3. The lowest BCUT2D eigenvalue weighted by Crippen LogP contribution is -2.47. The van der Waals surface area contributed by atoms with E-state index in [4.69, 9.17) is 5.11 Å². The number of rotatable bonds is 8. The second-order valence-corrected chi connectivity index (χ2v) is 4.62. The molecule has 0 aliphatic carbocycles. The normalized spacial score (nSPS) is 11.5. The molecule has 6 heteroatoms. The van der Waals surface area contributed by atoms with E-state index in [9.17, 15) is 14.4 Å². The number of urea groups is 1. The number of hydrogen-bond acceptors (Lipinski definition) is 3. The standard InChI is InChI=1S/C15H20N2O4/c1-2-12(18)10-13(14(19)20)17-15(21)16-9-8-11-6-4-3-5-7-11/h3-7,13H,2,8-10H2,1H3,(H,19,20)(H2,16,17,21). The van der Waals surface area contributed by atoms with Gasteiger partial charge in [0.25, 0.3) is 0 Å². The number of carboxylic acid groups (broad SMARTS) is 1. The van der Waals surface area contributed by atoms with Crippen molar-refractivity contribution in [2.24, 2.45) is 0 Å². The number of amides is 2. The van der Waals surface area contributed by atoms with Gasteiger partial charge in [0.2, 0.25) is 0 Å². The van der Waals surface area contributed by atoms with Crippen molar-refractivity contribution in [2.75, 3.05) is 6.54 Å². The van der Waals surface area contributed by atoms with E-state index in [2.05, 4.69) is 10.6 Å². The molecule has 2 amide bonds.